The molecule has 0 bridgehead atoms. The monoisotopic (exact) mass is 321 g/mol. The summed E-state index contributed by atoms with van der Waals surface area (Å²) in [6.07, 6.45) is -4.13. The van der Waals surface area contributed by atoms with Gasteiger partial charge in [-0.05, 0) is 36.6 Å². The fourth-order valence-corrected chi connectivity index (χ4v) is 2.45. The molecule has 1 aromatic heterocycles. The Bertz CT molecular complexity index is 762. The van der Waals surface area contributed by atoms with Crippen LogP contribution in [0.4, 0.5) is 19.0 Å². The SMILES string of the molecule is CCc1c(C)nc(N)c(C#N)c1-c1ccc(OC(F)(F)F)cc1. The molecule has 0 aliphatic rings. The first-order valence-corrected chi connectivity index (χ1v) is 6.82. The molecule has 0 saturated carbocycles. The van der Waals surface area contributed by atoms with Gasteiger partial charge in [0, 0.05) is 11.3 Å². The Hall–Kier alpha value is -2.75. The second-order valence-electron chi connectivity index (χ2n) is 4.85. The largest absolute Gasteiger partial charge is 0.573 e. The van der Waals surface area contributed by atoms with Crippen molar-refractivity contribution in [3.8, 4) is 22.9 Å². The lowest BCUT2D eigenvalue weighted by molar-refractivity contribution is -0.274. The van der Waals surface area contributed by atoms with Gasteiger partial charge in [-0.2, -0.15) is 5.26 Å². The third-order valence-electron chi connectivity index (χ3n) is 3.37. The van der Waals surface area contributed by atoms with E-state index in [-0.39, 0.29) is 17.1 Å². The minimum atomic E-state index is -4.74. The van der Waals surface area contributed by atoms with Gasteiger partial charge in [0.15, 0.2) is 0 Å². The number of nitrogens with two attached hydrogens (primary N) is 1. The highest BCUT2D eigenvalue weighted by Crippen LogP contribution is 2.34. The van der Waals surface area contributed by atoms with E-state index in [2.05, 4.69) is 9.72 Å². The Morgan fingerprint density at radius 2 is 1.87 bits per heavy atom. The number of nitrogens with zero attached hydrogens (tertiary/aromatic N) is 2. The molecule has 1 heterocycles. The Labute approximate surface area is 131 Å². The number of benzene rings is 1. The number of ether oxygens (including phenoxy) is 1. The lowest BCUT2D eigenvalue weighted by Crippen LogP contribution is -2.17. The van der Waals surface area contributed by atoms with E-state index in [4.69, 9.17) is 5.73 Å². The maximum absolute atomic E-state index is 12.2. The Morgan fingerprint density at radius 3 is 2.35 bits per heavy atom. The Balaban J connectivity index is 2.56. The maximum Gasteiger partial charge on any atom is 0.573 e. The number of nitrogen functional groups attached to an aromatic ring is 1. The second kappa shape index (κ2) is 6.16. The number of anilines is 1. The van der Waals surface area contributed by atoms with E-state index in [1.54, 1.807) is 6.92 Å². The fraction of sp³-hybridized carbons (Fsp3) is 0.250. The van der Waals surface area contributed by atoms with Gasteiger partial charge in [0.1, 0.15) is 23.2 Å². The molecule has 0 aliphatic heterocycles. The quantitative estimate of drug-likeness (QED) is 0.928. The van der Waals surface area contributed by atoms with Crippen molar-refractivity contribution in [2.75, 3.05) is 5.73 Å². The topological polar surface area (TPSA) is 71.9 Å². The first-order valence-electron chi connectivity index (χ1n) is 6.82. The molecule has 0 amide bonds. The minimum absolute atomic E-state index is 0.104. The molecular formula is C16H14F3N3O. The fourth-order valence-electron chi connectivity index (χ4n) is 2.45. The lowest BCUT2D eigenvalue weighted by atomic mass is 9.93. The van der Waals surface area contributed by atoms with Gasteiger partial charge in [-0.3, -0.25) is 0 Å². The summed E-state index contributed by atoms with van der Waals surface area (Å²) < 4.78 is 40.5. The first-order chi connectivity index (χ1) is 10.8. The summed E-state index contributed by atoms with van der Waals surface area (Å²) in [7, 11) is 0. The van der Waals surface area contributed by atoms with Gasteiger partial charge in [-0.1, -0.05) is 19.1 Å². The van der Waals surface area contributed by atoms with Crippen molar-refractivity contribution in [1.29, 1.82) is 5.26 Å². The summed E-state index contributed by atoms with van der Waals surface area (Å²) in [6, 6.07) is 7.36. The molecule has 0 radical (unpaired) electrons. The summed E-state index contributed by atoms with van der Waals surface area (Å²) in [4.78, 5) is 4.15. The zero-order chi connectivity index (χ0) is 17.2. The Kier molecular flexibility index (Phi) is 4.45. The van der Waals surface area contributed by atoms with Crippen molar-refractivity contribution in [3.05, 3.63) is 41.1 Å². The van der Waals surface area contributed by atoms with Crippen LogP contribution in [0.1, 0.15) is 23.7 Å². The molecule has 0 spiro atoms. The third-order valence-corrected chi connectivity index (χ3v) is 3.37. The van der Waals surface area contributed by atoms with Gasteiger partial charge in [-0.25, -0.2) is 4.98 Å². The smallest absolute Gasteiger partial charge is 0.406 e. The van der Waals surface area contributed by atoms with Crippen LogP contribution in [0.25, 0.3) is 11.1 Å². The summed E-state index contributed by atoms with van der Waals surface area (Å²) in [5.74, 6) is -0.218. The average Bonchev–Trinajstić information content (AvgIpc) is 2.46. The van der Waals surface area contributed by atoms with Crippen molar-refractivity contribution in [3.63, 3.8) is 0 Å². The summed E-state index contributed by atoms with van der Waals surface area (Å²) >= 11 is 0. The van der Waals surface area contributed by atoms with Gasteiger partial charge < -0.3 is 10.5 Å². The highest BCUT2D eigenvalue weighted by Gasteiger charge is 2.31. The average molecular weight is 321 g/mol. The van der Waals surface area contributed by atoms with E-state index in [1.165, 1.54) is 24.3 Å². The predicted molar refractivity (Wildman–Crippen MR) is 79.6 cm³/mol. The second-order valence-corrected chi connectivity index (χ2v) is 4.85. The summed E-state index contributed by atoms with van der Waals surface area (Å²) in [6.45, 7) is 3.69. The van der Waals surface area contributed by atoms with Crippen LogP contribution in [0.15, 0.2) is 24.3 Å². The first kappa shape index (κ1) is 16.6. The van der Waals surface area contributed by atoms with Crippen LogP contribution in [0.2, 0.25) is 0 Å². The number of nitriles is 1. The number of pyridine rings is 1. The molecule has 0 fully saturated rings. The summed E-state index contributed by atoms with van der Waals surface area (Å²) in [5, 5.41) is 9.34. The van der Waals surface area contributed by atoms with Crippen LogP contribution < -0.4 is 10.5 Å². The van der Waals surface area contributed by atoms with E-state index >= 15 is 0 Å². The minimum Gasteiger partial charge on any atom is -0.406 e. The molecule has 4 nitrogen and oxygen atoms in total. The standard InChI is InChI=1S/C16H14F3N3O/c1-3-12-9(2)22-15(21)13(8-20)14(12)10-4-6-11(7-5-10)23-16(17,18)19/h4-7H,3H2,1-2H3,(H2,21,22). The molecule has 120 valence electrons. The molecule has 2 aromatic rings. The van der Waals surface area contributed by atoms with Gasteiger partial charge >= 0.3 is 6.36 Å². The number of rotatable bonds is 3. The molecule has 0 unspecified atom stereocenters. The van der Waals surface area contributed by atoms with Crippen LogP contribution >= 0.6 is 0 Å². The number of hydrogen-bond acceptors (Lipinski definition) is 4. The molecule has 2 N–H and O–H groups in total. The van der Waals surface area contributed by atoms with Crippen LogP contribution in [-0.4, -0.2) is 11.3 Å². The Morgan fingerprint density at radius 1 is 1.26 bits per heavy atom. The number of halogens is 3. The molecule has 0 atom stereocenters. The predicted octanol–water partition coefficient (Wildman–Crippen LogP) is 3.97. The van der Waals surface area contributed by atoms with Crippen molar-refractivity contribution >= 4 is 5.82 Å². The van der Waals surface area contributed by atoms with Gasteiger partial charge in [-0.15, -0.1) is 13.2 Å². The van der Waals surface area contributed by atoms with Crippen LogP contribution in [0, 0.1) is 18.3 Å². The zero-order valence-corrected chi connectivity index (χ0v) is 12.5. The van der Waals surface area contributed by atoms with Crippen LogP contribution in [0.5, 0.6) is 5.75 Å². The van der Waals surface area contributed by atoms with Gasteiger partial charge in [0.25, 0.3) is 0 Å². The lowest BCUT2D eigenvalue weighted by Gasteiger charge is -2.15. The molecule has 1 aromatic carbocycles. The van der Waals surface area contributed by atoms with E-state index < -0.39 is 6.36 Å². The molecule has 0 saturated heterocycles. The maximum atomic E-state index is 12.2. The third kappa shape index (κ3) is 3.54. The van der Waals surface area contributed by atoms with E-state index in [0.29, 0.717) is 23.2 Å². The normalized spacial score (nSPS) is 11.1. The van der Waals surface area contributed by atoms with E-state index in [9.17, 15) is 18.4 Å². The number of alkyl halides is 3. The van der Waals surface area contributed by atoms with E-state index in [1.807, 2.05) is 13.0 Å². The molecule has 7 heteroatoms. The summed E-state index contributed by atoms with van der Waals surface area (Å²) in [5.41, 5.74) is 8.73. The highest BCUT2D eigenvalue weighted by atomic mass is 19.4. The van der Waals surface area contributed by atoms with E-state index in [0.717, 1.165) is 5.56 Å². The number of aryl methyl sites for hydroxylation is 1. The zero-order valence-electron chi connectivity index (χ0n) is 12.5. The molecular weight excluding hydrogens is 307 g/mol. The van der Waals surface area contributed by atoms with Crippen molar-refractivity contribution < 1.29 is 17.9 Å². The number of aromatic nitrogens is 1. The molecule has 0 aliphatic carbocycles. The highest BCUT2D eigenvalue weighted by molar-refractivity contribution is 5.79. The van der Waals surface area contributed by atoms with Crippen molar-refractivity contribution in [1.82, 2.24) is 4.98 Å². The van der Waals surface area contributed by atoms with Crippen molar-refractivity contribution in [2.24, 2.45) is 0 Å². The van der Waals surface area contributed by atoms with Gasteiger partial charge in [0.05, 0.1) is 0 Å². The van der Waals surface area contributed by atoms with Crippen molar-refractivity contribution in [2.45, 2.75) is 26.6 Å². The molecule has 23 heavy (non-hydrogen) atoms. The number of hydrogen-bond donors (Lipinski definition) is 1. The van der Waals surface area contributed by atoms with Crippen LogP contribution in [-0.2, 0) is 6.42 Å². The molecule has 2 rings (SSSR count). The van der Waals surface area contributed by atoms with Crippen LogP contribution in [0.3, 0.4) is 0 Å². The van der Waals surface area contributed by atoms with Gasteiger partial charge in [0.2, 0.25) is 0 Å².